The Kier molecular flexibility index (Phi) is 11.9. The number of carboxylic acids is 1. The number of rotatable bonds is 8. The fourth-order valence-electron chi connectivity index (χ4n) is 4.19. The Hall–Kier alpha value is -5.61. The van der Waals surface area contributed by atoms with E-state index in [2.05, 4.69) is 19.8 Å². The standard InChI is InChI=1S/C28H22F4N2O6.C2HF3O2/c29-27(30)39-23-6-4-15(11-21(23)35)9-17-13-19(34-26(38)20-3-1-2-8-33-20)14-18(25(17)37)10-16-5-7-24(22(36)12-16)40-28(31)32;3-2(4,5)1(6)7/h1-12,19,27-28,35-36H,13-14H2,(H,34,38);(H,6,7)/b17-9+,18-10+;. The molecular formula is C30H23F7N2O8. The number of alkyl halides is 7. The fourth-order valence-corrected chi connectivity index (χ4v) is 4.19. The van der Waals surface area contributed by atoms with Crippen molar-refractivity contribution < 1.29 is 74.9 Å². The van der Waals surface area contributed by atoms with E-state index in [0.29, 0.717) is 11.1 Å². The summed E-state index contributed by atoms with van der Waals surface area (Å²) in [5.41, 5.74) is 1.40. The topological polar surface area (TPSA) is 159 Å². The summed E-state index contributed by atoms with van der Waals surface area (Å²) >= 11 is 0. The van der Waals surface area contributed by atoms with Crippen LogP contribution in [0.1, 0.15) is 34.5 Å². The van der Waals surface area contributed by atoms with E-state index in [9.17, 15) is 50.5 Å². The summed E-state index contributed by atoms with van der Waals surface area (Å²) in [6.45, 7) is -6.27. The van der Waals surface area contributed by atoms with Crippen LogP contribution in [-0.4, -0.2) is 53.3 Å². The lowest BCUT2D eigenvalue weighted by Gasteiger charge is -2.26. The molecule has 1 amide bonds. The molecule has 0 radical (unpaired) electrons. The van der Waals surface area contributed by atoms with Crippen molar-refractivity contribution in [2.45, 2.75) is 38.3 Å². The molecule has 47 heavy (non-hydrogen) atoms. The maximum atomic E-state index is 13.4. The molecule has 1 aromatic heterocycles. The Labute approximate surface area is 260 Å². The summed E-state index contributed by atoms with van der Waals surface area (Å²) in [7, 11) is 0. The normalized spacial score (nSPS) is 16.5. The highest BCUT2D eigenvalue weighted by molar-refractivity contribution is 6.14. The Morgan fingerprint density at radius 1 is 0.872 bits per heavy atom. The SMILES string of the molecule is O=C([O-])C(F)(F)F.O=C1/C(=C/c2ccc(OC(F)F)c(O)c2)CC(NC(=O)c2cccc[nH+]2)C/C1=C\c1ccc(OC(F)F)c(O)c1. The number of pyridine rings is 1. The zero-order chi connectivity index (χ0) is 34.9. The molecule has 3 aromatic rings. The van der Waals surface area contributed by atoms with Gasteiger partial charge in [0.1, 0.15) is 5.97 Å². The first kappa shape index (κ1) is 35.9. The monoisotopic (exact) mass is 672 g/mol. The Morgan fingerprint density at radius 3 is 1.70 bits per heavy atom. The van der Waals surface area contributed by atoms with Crippen LogP contribution in [0.2, 0.25) is 0 Å². The summed E-state index contributed by atoms with van der Waals surface area (Å²) in [5, 5.41) is 31.8. The van der Waals surface area contributed by atoms with Crippen molar-refractivity contribution in [3.05, 3.63) is 88.8 Å². The number of aliphatic carboxylic acids is 1. The van der Waals surface area contributed by atoms with E-state index >= 15 is 0 Å². The fraction of sp³-hybridized carbons (Fsp3) is 0.200. The van der Waals surface area contributed by atoms with E-state index in [0.717, 1.165) is 24.3 Å². The smallest absolute Gasteiger partial charge is 0.430 e. The summed E-state index contributed by atoms with van der Waals surface area (Å²) in [6.07, 6.45) is -0.496. The van der Waals surface area contributed by atoms with E-state index in [1.807, 2.05) is 0 Å². The maximum Gasteiger partial charge on any atom is 0.430 e. The Bertz CT molecular complexity index is 1580. The first-order valence-corrected chi connectivity index (χ1v) is 13.1. The number of aromatic amines is 1. The first-order chi connectivity index (χ1) is 22.0. The molecule has 0 spiro atoms. The predicted molar refractivity (Wildman–Crippen MR) is 145 cm³/mol. The molecule has 250 valence electrons. The van der Waals surface area contributed by atoms with Crippen LogP contribution < -0.4 is 24.9 Å². The second-order valence-electron chi connectivity index (χ2n) is 9.52. The highest BCUT2D eigenvalue weighted by Crippen LogP contribution is 2.34. The summed E-state index contributed by atoms with van der Waals surface area (Å²) in [4.78, 5) is 37.8. The van der Waals surface area contributed by atoms with E-state index < -0.39 is 66.1 Å². The van der Waals surface area contributed by atoms with Gasteiger partial charge in [0, 0.05) is 29.3 Å². The van der Waals surface area contributed by atoms with Gasteiger partial charge in [0.2, 0.25) is 0 Å². The number of hydrogen-bond donors (Lipinski definition) is 3. The van der Waals surface area contributed by atoms with Crippen LogP contribution >= 0.6 is 0 Å². The third-order valence-corrected chi connectivity index (χ3v) is 6.12. The summed E-state index contributed by atoms with van der Waals surface area (Å²) in [6, 6.07) is 11.7. The third-order valence-electron chi connectivity index (χ3n) is 6.12. The van der Waals surface area contributed by atoms with Crippen LogP contribution in [0.4, 0.5) is 30.7 Å². The molecule has 10 nitrogen and oxygen atoms in total. The first-order valence-electron chi connectivity index (χ1n) is 13.1. The van der Waals surface area contributed by atoms with Gasteiger partial charge in [-0.1, -0.05) is 12.1 Å². The van der Waals surface area contributed by atoms with Crippen molar-refractivity contribution in [3.63, 3.8) is 0 Å². The Balaban J connectivity index is 0.000000771. The van der Waals surface area contributed by atoms with Crippen molar-refractivity contribution >= 4 is 29.8 Å². The third kappa shape index (κ3) is 10.8. The molecule has 4 rings (SSSR count). The number of carbonyl (C=O) groups is 3. The van der Waals surface area contributed by atoms with Crippen molar-refractivity contribution in [2.24, 2.45) is 0 Å². The molecule has 1 aliphatic carbocycles. The van der Waals surface area contributed by atoms with Gasteiger partial charge in [-0.05, 0) is 66.5 Å². The van der Waals surface area contributed by atoms with E-state index in [1.165, 1.54) is 24.3 Å². The van der Waals surface area contributed by atoms with E-state index in [-0.39, 0.29) is 29.7 Å². The lowest BCUT2D eigenvalue weighted by atomic mass is 9.83. The summed E-state index contributed by atoms with van der Waals surface area (Å²) in [5.74, 6) is -5.81. The molecule has 0 saturated heterocycles. The predicted octanol–water partition coefficient (Wildman–Crippen LogP) is 4.04. The number of benzene rings is 2. The van der Waals surface area contributed by atoms with Gasteiger partial charge in [0.25, 0.3) is 5.69 Å². The van der Waals surface area contributed by atoms with Gasteiger partial charge in [0.15, 0.2) is 35.0 Å². The molecule has 1 heterocycles. The lowest BCUT2D eigenvalue weighted by molar-refractivity contribution is -0.382. The number of H-pyrrole nitrogens is 1. The highest BCUT2D eigenvalue weighted by Gasteiger charge is 2.30. The molecule has 2 aromatic carbocycles. The highest BCUT2D eigenvalue weighted by atomic mass is 19.4. The molecule has 0 unspecified atom stereocenters. The molecule has 4 N–H and O–H groups in total. The van der Waals surface area contributed by atoms with E-state index in [1.54, 1.807) is 24.4 Å². The molecular weight excluding hydrogens is 649 g/mol. The number of amides is 1. The maximum absolute atomic E-state index is 13.4. The molecule has 0 atom stereocenters. The van der Waals surface area contributed by atoms with Gasteiger partial charge in [-0.15, -0.1) is 0 Å². The van der Waals surface area contributed by atoms with Crippen LogP contribution in [0.3, 0.4) is 0 Å². The average molecular weight is 673 g/mol. The zero-order valence-electron chi connectivity index (χ0n) is 23.6. The number of phenolic OH excluding ortho intramolecular Hbond substituents is 2. The number of Topliss-reactive ketones (excluding diaryl/α,β-unsaturated/α-hetero) is 1. The minimum absolute atomic E-state index is 0.108. The number of nitrogens with one attached hydrogen (secondary N) is 2. The van der Waals surface area contributed by atoms with Gasteiger partial charge in [0.05, 0.1) is 0 Å². The molecule has 1 saturated carbocycles. The van der Waals surface area contributed by atoms with Crippen LogP contribution in [-0.2, 0) is 9.59 Å². The molecule has 0 aliphatic heterocycles. The van der Waals surface area contributed by atoms with Crippen LogP contribution in [0.5, 0.6) is 23.0 Å². The van der Waals surface area contributed by atoms with Crippen LogP contribution in [0, 0.1) is 0 Å². The lowest BCUT2D eigenvalue weighted by Crippen LogP contribution is -2.41. The van der Waals surface area contributed by atoms with Gasteiger partial charge < -0.3 is 34.9 Å². The van der Waals surface area contributed by atoms with Gasteiger partial charge in [-0.25, -0.2) is 4.98 Å². The Morgan fingerprint density at radius 2 is 1.34 bits per heavy atom. The van der Waals surface area contributed by atoms with Gasteiger partial charge in [-0.3, -0.25) is 9.59 Å². The molecule has 1 aliphatic rings. The largest absolute Gasteiger partial charge is 0.542 e. The second-order valence-corrected chi connectivity index (χ2v) is 9.52. The second kappa shape index (κ2) is 15.6. The average Bonchev–Trinajstić information content (AvgIpc) is 2.98. The summed E-state index contributed by atoms with van der Waals surface area (Å²) < 4.78 is 90.1. The number of ether oxygens (including phenoxy) is 2. The number of carboxylic acid groups (broad SMARTS) is 1. The van der Waals surface area contributed by atoms with Crippen LogP contribution in [0.15, 0.2) is 71.9 Å². The number of halogens is 7. The minimum Gasteiger partial charge on any atom is -0.542 e. The number of hydrogen-bond acceptors (Lipinski definition) is 8. The number of phenols is 2. The molecule has 1 fully saturated rings. The van der Waals surface area contributed by atoms with Crippen molar-refractivity contribution in [1.82, 2.24) is 5.32 Å². The molecule has 0 bridgehead atoms. The zero-order valence-corrected chi connectivity index (χ0v) is 23.6. The number of aromatic hydroxyl groups is 2. The van der Waals surface area contributed by atoms with Crippen LogP contribution in [0.25, 0.3) is 12.2 Å². The number of ketones is 1. The number of carbonyl (C=O) groups excluding carboxylic acids is 3. The minimum atomic E-state index is -5.19. The van der Waals surface area contributed by atoms with Gasteiger partial charge >= 0.3 is 25.3 Å². The van der Waals surface area contributed by atoms with E-state index in [4.69, 9.17) is 9.90 Å². The quantitative estimate of drug-likeness (QED) is 0.239. The van der Waals surface area contributed by atoms with Crippen molar-refractivity contribution in [3.8, 4) is 23.0 Å². The molecule has 17 heteroatoms. The van der Waals surface area contributed by atoms with Gasteiger partial charge in [-0.2, -0.15) is 30.7 Å². The number of aromatic nitrogens is 1. The van der Waals surface area contributed by atoms with Crippen molar-refractivity contribution in [1.29, 1.82) is 0 Å². The van der Waals surface area contributed by atoms with Crippen molar-refractivity contribution in [2.75, 3.05) is 0 Å².